The van der Waals surface area contributed by atoms with Crippen molar-refractivity contribution in [1.29, 1.82) is 5.26 Å². The minimum absolute atomic E-state index is 0.191. The summed E-state index contributed by atoms with van der Waals surface area (Å²) in [4.78, 5) is 5.91. The largest absolute Gasteiger partial charge is 0.348 e. The van der Waals surface area contributed by atoms with Crippen LogP contribution in [0.2, 0.25) is 0 Å². The van der Waals surface area contributed by atoms with Gasteiger partial charge >= 0.3 is 0 Å². The number of amidine groups is 1. The van der Waals surface area contributed by atoms with Gasteiger partial charge in [0.25, 0.3) is 5.92 Å². The Morgan fingerprint density at radius 3 is 2.74 bits per heavy atom. The average molecular weight is 323 g/mol. The molecule has 0 spiro atoms. The van der Waals surface area contributed by atoms with Gasteiger partial charge in [-0.2, -0.15) is 5.26 Å². The minimum atomic E-state index is -2.91. The normalized spacial score (nSPS) is 17.0. The molecular weight excluding hydrogens is 296 g/mol. The molecule has 0 fully saturated rings. The SMILES string of the molecule is CCCCC/C=C\C=C/CC1=NCCN1C(CC#N)C(C)(F)F. The van der Waals surface area contributed by atoms with Gasteiger partial charge in [-0.1, -0.05) is 44.1 Å². The van der Waals surface area contributed by atoms with E-state index in [0.29, 0.717) is 25.3 Å². The lowest BCUT2D eigenvalue weighted by molar-refractivity contribution is -0.0434. The van der Waals surface area contributed by atoms with Crippen LogP contribution in [0.5, 0.6) is 0 Å². The molecule has 0 amide bonds. The summed E-state index contributed by atoms with van der Waals surface area (Å²) in [7, 11) is 0. The summed E-state index contributed by atoms with van der Waals surface area (Å²) < 4.78 is 27.4. The van der Waals surface area contributed by atoms with Gasteiger partial charge in [0.1, 0.15) is 11.9 Å². The molecule has 1 unspecified atom stereocenters. The second-order valence-electron chi connectivity index (χ2n) is 5.88. The smallest absolute Gasteiger partial charge is 0.266 e. The van der Waals surface area contributed by atoms with E-state index in [2.05, 4.69) is 18.0 Å². The molecule has 0 aromatic rings. The van der Waals surface area contributed by atoms with Crippen molar-refractivity contribution in [2.45, 2.75) is 64.3 Å². The van der Waals surface area contributed by atoms with Crippen molar-refractivity contribution in [3.05, 3.63) is 24.3 Å². The molecule has 1 aliphatic heterocycles. The zero-order valence-corrected chi connectivity index (χ0v) is 14.1. The van der Waals surface area contributed by atoms with E-state index in [1.165, 1.54) is 19.3 Å². The van der Waals surface area contributed by atoms with Gasteiger partial charge in [0, 0.05) is 19.9 Å². The molecule has 0 bridgehead atoms. The Bertz CT molecular complexity index is 470. The van der Waals surface area contributed by atoms with Crippen molar-refractivity contribution in [2.75, 3.05) is 13.1 Å². The van der Waals surface area contributed by atoms with Crippen LogP contribution in [0, 0.1) is 11.3 Å². The van der Waals surface area contributed by atoms with Crippen molar-refractivity contribution in [1.82, 2.24) is 4.90 Å². The van der Waals surface area contributed by atoms with Crippen LogP contribution in [0.1, 0.15) is 52.4 Å². The molecule has 0 N–H and O–H groups in total. The van der Waals surface area contributed by atoms with Gasteiger partial charge < -0.3 is 4.90 Å². The lowest BCUT2D eigenvalue weighted by Crippen LogP contribution is -2.47. The van der Waals surface area contributed by atoms with Crippen molar-refractivity contribution < 1.29 is 8.78 Å². The fourth-order valence-corrected chi connectivity index (χ4v) is 2.61. The fourth-order valence-electron chi connectivity index (χ4n) is 2.61. The predicted molar refractivity (Wildman–Crippen MR) is 90.7 cm³/mol. The van der Waals surface area contributed by atoms with Crippen molar-refractivity contribution in [3.8, 4) is 6.07 Å². The van der Waals surface area contributed by atoms with Crippen LogP contribution in [-0.2, 0) is 0 Å². The number of unbranched alkanes of at least 4 members (excludes halogenated alkanes) is 3. The first-order valence-electron chi connectivity index (χ1n) is 8.37. The Balaban J connectivity index is 2.51. The van der Waals surface area contributed by atoms with Gasteiger partial charge in [-0.15, -0.1) is 0 Å². The first-order chi connectivity index (χ1) is 11.0. The highest BCUT2D eigenvalue weighted by Crippen LogP contribution is 2.27. The Morgan fingerprint density at radius 1 is 1.35 bits per heavy atom. The second-order valence-corrected chi connectivity index (χ2v) is 5.88. The molecule has 5 heteroatoms. The van der Waals surface area contributed by atoms with E-state index in [1.54, 1.807) is 4.90 Å². The molecule has 128 valence electrons. The lowest BCUT2D eigenvalue weighted by Gasteiger charge is -2.32. The summed E-state index contributed by atoms with van der Waals surface area (Å²) in [5.41, 5.74) is 0. The maximum absolute atomic E-state index is 13.7. The third-order valence-electron chi connectivity index (χ3n) is 3.87. The number of hydrogen-bond acceptors (Lipinski definition) is 3. The van der Waals surface area contributed by atoms with E-state index >= 15 is 0 Å². The van der Waals surface area contributed by atoms with Gasteiger partial charge in [0.2, 0.25) is 0 Å². The van der Waals surface area contributed by atoms with Gasteiger partial charge in [-0.3, -0.25) is 4.99 Å². The van der Waals surface area contributed by atoms with E-state index in [1.807, 2.05) is 24.3 Å². The molecule has 0 aromatic carbocycles. The Labute approximate surface area is 138 Å². The Morgan fingerprint density at radius 2 is 2.09 bits per heavy atom. The van der Waals surface area contributed by atoms with E-state index in [9.17, 15) is 8.78 Å². The Hall–Kier alpha value is -1.70. The lowest BCUT2D eigenvalue weighted by atomic mass is 10.1. The van der Waals surface area contributed by atoms with Crippen LogP contribution in [0.25, 0.3) is 0 Å². The van der Waals surface area contributed by atoms with Crippen LogP contribution in [0.15, 0.2) is 29.3 Å². The molecule has 1 heterocycles. The average Bonchev–Trinajstić information content (AvgIpc) is 2.94. The Kier molecular flexibility index (Phi) is 8.53. The van der Waals surface area contributed by atoms with Gasteiger partial charge in [0.05, 0.1) is 19.0 Å². The predicted octanol–water partition coefficient (Wildman–Crippen LogP) is 4.72. The van der Waals surface area contributed by atoms with Crippen molar-refractivity contribution in [2.24, 2.45) is 4.99 Å². The van der Waals surface area contributed by atoms with Crippen LogP contribution in [0.4, 0.5) is 8.78 Å². The number of nitriles is 1. The number of aliphatic imine (C=N–C) groups is 1. The first kappa shape index (κ1) is 19.3. The third kappa shape index (κ3) is 6.94. The number of hydrogen-bond donors (Lipinski definition) is 0. The van der Waals surface area contributed by atoms with E-state index in [0.717, 1.165) is 13.3 Å². The number of allylic oxidation sites excluding steroid dienone is 3. The van der Waals surface area contributed by atoms with E-state index in [-0.39, 0.29) is 6.42 Å². The summed E-state index contributed by atoms with van der Waals surface area (Å²) in [5.74, 6) is -2.26. The molecule has 0 aliphatic carbocycles. The molecule has 3 nitrogen and oxygen atoms in total. The summed E-state index contributed by atoms with van der Waals surface area (Å²) >= 11 is 0. The fraction of sp³-hybridized carbons (Fsp3) is 0.667. The van der Waals surface area contributed by atoms with Crippen LogP contribution in [-0.4, -0.2) is 35.8 Å². The molecule has 0 radical (unpaired) electrons. The minimum Gasteiger partial charge on any atom is -0.348 e. The topological polar surface area (TPSA) is 39.4 Å². The number of halogens is 2. The first-order valence-corrected chi connectivity index (χ1v) is 8.37. The quantitative estimate of drug-likeness (QED) is 0.431. The highest BCUT2D eigenvalue weighted by atomic mass is 19.3. The summed E-state index contributed by atoms with van der Waals surface area (Å²) in [6.07, 6.45) is 13.0. The molecule has 1 rings (SSSR count). The molecule has 0 saturated heterocycles. The number of nitrogens with zero attached hydrogens (tertiary/aromatic N) is 3. The summed E-state index contributed by atoms with van der Waals surface area (Å²) in [6.45, 7) is 4.04. The van der Waals surface area contributed by atoms with Gasteiger partial charge in [0.15, 0.2) is 0 Å². The van der Waals surface area contributed by atoms with E-state index < -0.39 is 12.0 Å². The molecule has 1 aliphatic rings. The highest BCUT2D eigenvalue weighted by molar-refractivity contribution is 5.85. The molecule has 0 saturated carbocycles. The number of alkyl halides is 2. The van der Waals surface area contributed by atoms with Gasteiger partial charge in [-0.25, -0.2) is 8.78 Å². The maximum atomic E-state index is 13.7. The van der Waals surface area contributed by atoms with Crippen LogP contribution >= 0.6 is 0 Å². The monoisotopic (exact) mass is 323 g/mol. The molecule has 0 aromatic heterocycles. The third-order valence-corrected chi connectivity index (χ3v) is 3.87. The maximum Gasteiger partial charge on any atom is 0.266 e. The van der Waals surface area contributed by atoms with Crippen LogP contribution < -0.4 is 0 Å². The van der Waals surface area contributed by atoms with Crippen molar-refractivity contribution in [3.63, 3.8) is 0 Å². The standard InChI is InChI=1S/C18H27F2N3/c1-3-4-5-6-7-8-9-10-11-17-22-14-15-23(17)16(12-13-21)18(2,19)20/h7-10,16H,3-6,11-12,14-15H2,1-2H3/b8-7-,10-9-. The van der Waals surface area contributed by atoms with E-state index in [4.69, 9.17) is 5.26 Å². The summed E-state index contributed by atoms with van der Waals surface area (Å²) in [5, 5.41) is 8.81. The second kappa shape index (κ2) is 10.1. The zero-order chi connectivity index (χ0) is 17.1. The highest BCUT2D eigenvalue weighted by Gasteiger charge is 2.40. The zero-order valence-electron chi connectivity index (χ0n) is 14.1. The molecule has 1 atom stereocenters. The summed E-state index contributed by atoms with van der Waals surface area (Å²) in [6, 6.07) is 0.776. The number of rotatable bonds is 10. The molecular formula is C18H27F2N3. The molecule has 23 heavy (non-hydrogen) atoms. The van der Waals surface area contributed by atoms with Crippen molar-refractivity contribution >= 4 is 5.84 Å². The van der Waals surface area contributed by atoms with Crippen LogP contribution in [0.3, 0.4) is 0 Å². The van der Waals surface area contributed by atoms with Gasteiger partial charge in [-0.05, 0) is 12.8 Å².